The molecule has 0 fully saturated rings. The second kappa shape index (κ2) is 27.3. The van der Waals surface area contributed by atoms with Crippen molar-refractivity contribution in [3.05, 3.63) is 0 Å². The second-order valence-corrected chi connectivity index (χ2v) is 10.2. The van der Waals surface area contributed by atoms with E-state index in [0.29, 0.717) is 13.0 Å². The Morgan fingerprint density at radius 2 is 1.14 bits per heavy atom. The maximum Gasteiger partial charge on any atom is 0.305 e. The predicted molar refractivity (Wildman–Crippen MR) is 151 cm³/mol. The number of guanidine groups is 1. The molecule has 0 aromatic rings. The number of hydrogen-bond donors (Lipinski definition) is 3. The van der Waals surface area contributed by atoms with E-state index in [1.165, 1.54) is 103 Å². The van der Waals surface area contributed by atoms with Gasteiger partial charge in [0.1, 0.15) is 0 Å². The molecule has 0 spiro atoms. The first-order valence-corrected chi connectivity index (χ1v) is 15.1. The number of rotatable bonds is 27. The fourth-order valence-electron chi connectivity index (χ4n) is 4.43. The Balaban J connectivity index is 3.74. The van der Waals surface area contributed by atoms with Crippen molar-refractivity contribution in [1.82, 2.24) is 10.2 Å². The Labute approximate surface area is 218 Å². The molecule has 0 saturated heterocycles. The Hall–Kier alpha value is -1.30. The molecule has 0 radical (unpaired) electrons. The van der Waals surface area contributed by atoms with Crippen LogP contribution >= 0.6 is 0 Å². The predicted octanol–water partition coefficient (Wildman–Crippen LogP) is 7.16. The molecule has 6 nitrogen and oxygen atoms in total. The lowest BCUT2D eigenvalue weighted by Gasteiger charge is -2.22. The van der Waals surface area contributed by atoms with Crippen LogP contribution in [0.4, 0.5) is 0 Å². The summed E-state index contributed by atoms with van der Waals surface area (Å²) < 4.78 is 5.39. The molecule has 0 aliphatic rings. The highest BCUT2D eigenvalue weighted by atomic mass is 16.5. The van der Waals surface area contributed by atoms with Crippen LogP contribution in [0.3, 0.4) is 0 Å². The topological polar surface area (TPSA) is 91.4 Å². The van der Waals surface area contributed by atoms with E-state index >= 15 is 0 Å². The number of nitrogens with one attached hydrogen (secondary N) is 2. The van der Waals surface area contributed by atoms with Crippen LogP contribution in [-0.4, -0.2) is 49.6 Å². The molecule has 0 saturated carbocycles. The van der Waals surface area contributed by atoms with Gasteiger partial charge in [0.2, 0.25) is 0 Å². The van der Waals surface area contributed by atoms with E-state index in [-0.39, 0.29) is 11.9 Å². The summed E-state index contributed by atoms with van der Waals surface area (Å²) in [6.07, 6.45) is 24.1. The summed E-state index contributed by atoms with van der Waals surface area (Å²) in [7, 11) is 0. The van der Waals surface area contributed by atoms with Crippen molar-refractivity contribution in [3.63, 3.8) is 0 Å². The van der Waals surface area contributed by atoms with Crippen LogP contribution < -0.4 is 11.1 Å². The molecule has 0 rings (SSSR count). The lowest BCUT2D eigenvalue weighted by Crippen LogP contribution is -2.34. The van der Waals surface area contributed by atoms with Crippen LogP contribution in [0.15, 0.2) is 0 Å². The van der Waals surface area contributed by atoms with E-state index < -0.39 is 0 Å². The SMILES string of the molecule is CCCCCCCCCOC(=O)CCCCCCCN(CCCCCCCC)CCCNC(=N)N. The van der Waals surface area contributed by atoms with Gasteiger partial charge in [-0.2, -0.15) is 0 Å². The van der Waals surface area contributed by atoms with E-state index in [0.717, 1.165) is 45.3 Å². The average molecular weight is 497 g/mol. The van der Waals surface area contributed by atoms with E-state index in [1.807, 2.05) is 0 Å². The summed E-state index contributed by atoms with van der Waals surface area (Å²) >= 11 is 0. The summed E-state index contributed by atoms with van der Waals surface area (Å²) in [5.74, 6) is 0.0504. The van der Waals surface area contributed by atoms with E-state index in [1.54, 1.807) is 0 Å². The smallest absolute Gasteiger partial charge is 0.305 e. The molecule has 4 N–H and O–H groups in total. The lowest BCUT2D eigenvalue weighted by molar-refractivity contribution is -0.143. The van der Waals surface area contributed by atoms with Crippen molar-refractivity contribution >= 4 is 11.9 Å². The zero-order valence-electron chi connectivity index (χ0n) is 23.5. The first kappa shape index (κ1) is 33.7. The quantitative estimate of drug-likeness (QED) is 0.0486. The van der Waals surface area contributed by atoms with E-state index in [2.05, 4.69) is 24.1 Å². The van der Waals surface area contributed by atoms with E-state index in [4.69, 9.17) is 15.9 Å². The Kier molecular flexibility index (Phi) is 26.3. The van der Waals surface area contributed by atoms with Gasteiger partial charge in [-0.1, -0.05) is 104 Å². The van der Waals surface area contributed by atoms with Gasteiger partial charge in [0, 0.05) is 13.0 Å². The van der Waals surface area contributed by atoms with Crippen molar-refractivity contribution in [2.45, 2.75) is 142 Å². The van der Waals surface area contributed by atoms with Gasteiger partial charge in [0.05, 0.1) is 6.61 Å². The molecule has 6 heteroatoms. The van der Waals surface area contributed by atoms with Gasteiger partial charge in [-0.25, -0.2) is 0 Å². The minimum Gasteiger partial charge on any atom is -0.466 e. The molecule has 0 aromatic heterocycles. The highest BCUT2D eigenvalue weighted by Crippen LogP contribution is 2.11. The van der Waals surface area contributed by atoms with Gasteiger partial charge in [-0.15, -0.1) is 0 Å². The summed E-state index contributed by atoms with van der Waals surface area (Å²) in [6, 6.07) is 0. The van der Waals surface area contributed by atoms with Gasteiger partial charge in [-0.05, 0) is 51.7 Å². The minimum absolute atomic E-state index is 0.0136. The van der Waals surface area contributed by atoms with Crippen LogP contribution in [0.2, 0.25) is 0 Å². The molecular weight excluding hydrogens is 436 g/mol. The molecule has 208 valence electrons. The Bertz CT molecular complexity index is 474. The Morgan fingerprint density at radius 3 is 1.69 bits per heavy atom. The number of esters is 1. The number of carbonyl (C=O) groups is 1. The van der Waals surface area contributed by atoms with Crippen LogP contribution in [0.25, 0.3) is 0 Å². The fourth-order valence-corrected chi connectivity index (χ4v) is 4.43. The normalized spacial score (nSPS) is 11.2. The number of carbonyl (C=O) groups excluding carboxylic acids is 1. The fraction of sp³-hybridized carbons (Fsp3) is 0.931. The number of nitrogens with zero attached hydrogens (tertiary/aromatic N) is 1. The third kappa shape index (κ3) is 27.1. The monoisotopic (exact) mass is 496 g/mol. The first-order valence-electron chi connectivity index (χ1n) is 15.1. The molecule has 0 aliphatic heterocycles. The molecule has 0 bridgehead atoms. The number of ether oxygens (including phenoxy) is 1. The molecule has 0 unspecified atom stereocenters. The van der Waals surface area contributed by atoms with Crippen LogP contribution in [-0.2, 0) is 9.53 Å². The van der Waals surface area contributed by atoms with Crippen molar-refractivity contribution in [3.8, 4) is 0 Å². The summed E-state index contributed by atoms with van der Waals surface area (Å²) in [4.78, 5) is 14.5. The summed E-state index contributed by atoms with van der Waals surface area (Å²) in [5, 5.41) is 10.2. The van der Waals surface area contributed by atoms with Crippen LogP contribution in [0.1, 0.15) is 142 Å². The molecular formula is C29H60N4O2. The zero-order valence-corrected chi connectivity index (χ0v) is 23.5. The van der Waals surface area contributed by atoms with Gasteiger partial charge in [0.15, 0.2) is 5.96 Å². The molecule has 0 aliphatic carbocycles. The summed E-state index contributed by atoms with van der Waals surface area (Å²) in [5.41, 5.74) is 5.39. The highest BCUT2D eigenvalue weighted by Gasteiger charge is 2.06. The maximum absolute atomic E-state index is 11.9. The maximum atomic E-state index is 11.9. The minimum atomic E-state index is -0.0136. The Morgan fingerprint density at radius 1 is 0.686 bits per heavy atom. The third-order valence-electron chi connectivity index (χ3n) is 6.66. The highest BCUT2D eigenvalue weighted by molar-refractivity contribution is 5.74. The zero-order chi connectivity index (χ0) is 25.8. The van der Waals surface area contributed by atoms with Crippen LogP contribution in [0, 0.1) is 5.41 Å². The third-order valence-corrected chi connectivity index (χ3v) is 6.66. The molecule has 0 heterocycles. The van der Waals surface area contributed by atoms with Crippen molar-refractivity contribution in [2.24, 2.45) is 5.73 Å². The summed E-state index contributed by atoms with van der Waals surface area (Å²) in [6.45, 7) is 9.28. The molecule has 0 amide bonds. The van der Waals surface area contributed by atoms with Gasteiger partial charge < -0.3 is 20.7 Å². The average Bonchev–Trinajstić information content (AvgIpc) is 2.84. The number of nitrogens with two attached hydrogens (primary N) is 1. The van der Waals surface area contributed by atoms with Gasteiger partial charge in [-0.3, -0.25) is 10.2 Å². The number of hydrogen-bond acceptors (Lipinski definition) is 4. The van der Waals surface area contributed by atoms with E-state index in [9.17, 15) is 4.79 Å². The standard InChI is InChI=1S/C29H60N4O2/c1-3-5-7-9-11-16-20-27-35-28(34)22-17-13-12-15-19-25-33(26-21-23-32-29(30)31)24-18-14-10-8-6-4-2/h3-27H2,1-2H3,(H4,30,31,32). The van der Waals surface area contributed by atoms with Crippen molar-refractivity contribution in [1.29, 1.82) is 5.41 Å². The van der Waals surface area contributed by atoms with Crippen molar-refractivity contribution < 1.29 is 9.53 Å². The lowest BCUT2D eigenvalue weighted by atomic mass is 10.1. The molecule has 0 atom stereocenters. The second-order valence-electron chi connectivity index (χ2n) is 10.2. The molecule has 35 heavy (non-hydrogen) atoms. The first-order chi connectivity index (χ1) is 17.1. The van der Waals surface area contributed by atoms with Crippen LogP contribution in [0.5, 0.6) is 0 Å². The van der Waals surface area contributed by atoms with Gasteiger partial charge in [0.25, 0.3) is 0 Å². The largest absolute Gasteiger partial charge is 0.466 e. The number of unbranched alkanes of at least 4 members (excludes halogenated alkanes) is 15. The van der Waals surface area contributed by atoms with Crippen molar-refractivity contribution in [2.75, 3.05) is 32.8 Å². The molecule has 0 aromatic carbocycles. The van der Waals surface area contributed by atoms with Gasteiger partial charge >= 0.3 is 5.97 Å².